The summed E-state index contributed by atoms with van der Waals surface area (Å²) < 4.78 is 29.4. The Bertz CT molecular complexity index is 1170. The van der Waals surface area contributed by atoms with Gasteiger partial charge in [0, 0.05) is 23.3 Å². The molecule has 3 N–H and O–H groups in total. The lowest BCUT2D eigenvalue weighted by Gasteiger charge is -2.12. The molecule has 0 radical (unpaired) electrons. The Labute approximate surface area is 179 Å². The molecule has 0 aliphatic heterocycles. The summed E-state index contributed by atoms with van der Waals surface area (Å²) in [6.07, 6.45) is 1.98. The van der Waals surface area contributed by atoms with Crippen LogP contribution in [-0.2, 0) is 16.4 Å². The van der Waals surface area contributed by atoms with Crippen molar-refractivity contribution in [2.45, 2.75) is 11.3 Å². The molecule has 3 rings (SSSR count). The van der Waals surface area contributed by atoms with Crippen LogP contribution >= 0.6 is 11.6 Å². The number of pyridine rings is 1. The van der Waals surface area contributed by atoms with E-state index < -0.39 is 10.0 Å². The first-order chi connectivity index (χ1) is 14.3. The summed E-state index contributed by atoms with van der Waals surface area (Å²) in [6, 6.07) is 14.9. The fourth-order valence-electron chi connectivity index (χ4n) is 2.96. The van der Waals surface area contributed by atoms with Crippen LogP contribution < -0.4 is 15.2 Å². The number of nitrogens with two attached hydrogens (primary N) is 1. The molecule has 0 aliphatic carbocycles. The van der Waals surface area contributed by atoms with Gasteiger partial charge in [-0.05, 0) is 48.4 Å². The van der Waals surface area contributed by atoms with Crippen molar-refractivity contribution in [3.05, 3.63) is 76.9 Å². The lowest BCUT2D eigenvalue weighted by atomic mass is 10.1. The highest BCUT2D eigenvalue weighted by Crippen LogP contribution is 2.26. The highest BCUT2D eigenvalue weighted by atomic mass is 35.5. The van der Waals surface area contributed by atoms with Gasteiger partial charge in [0.25, 0.3) is 5.91 Å². The summed E-state index contributed by atoms with van der Waals surface area (Å²) in [7, 11) is -2.49. The summed E-state index contributed by atoms with van der Waals surface area (Å²) in [5.74, 6) is 0.0688. The van der Waals surface area contributed by atoms with Crippen LogP contribution in [0.1, 0.15) is 15.9 Å². The number of primary sulfonamides is 1. The monoisotopic (exact) mass is 445 g/mol. The highest BCUT2D eigenvalue weighted by molar-refractivity contribution is 7.89. The van der Waals surface area contributed by atoms with E-state index in [1.807, 2.05) is 0 Å². The SMILES string of the molecule is COc1ccc(Cl)cc1C(=O)NCCc1ccc(-c2ccccn2)c(S(N)(=O)=O)c1. The Morgan fingerprint density at radius 3 is 2.63 bits per heavy atom. The number of rotatable bonds is 7. The van der Waals surface area contributed by atoms with E-state index in [0.29, 0.717) is 39.6 Å². The van der Waals surface area contributed by atoms with Crippen LogP contribution in [0.5, 0.6) is 5.75 Å². The van der Waals surface area contributed by atoms with E-state index in [0.717, 1.165) is 0 Å². The second-order valence-corrected chi connectivity index (χ2v) is 8.41. The van der Waals surface area contributed by atoms with Gasteiger partial charge in [0.15, 0.2) is 0 Å². The van der Waals surface area contributed by atoms with Crippen LogP contribution in [0.3, 0.4) is 0 Å². The van der Waals surface area contributed by atoms with E-state index >= 15 is 0 Å². The summed E-state index contributed by atoms with van der Waals surface area (Å²) in [5.41, 5.74) is 1.96. The molecule has 0 saturated heterocycles. The van der Waals surface area contributed by atoms with Crippen molar-refractivity contribution >= 4 is 27.5 Å². The zero-order valence-electron chi connectivity index (χ0n) is 16.1. The fraction of sp³-hybridized carbons (Fsp3) is 0.143. The second kappa shape index (κ2) is 9.25. The molecule has 0 spiro atoms. The van der Waals surface area contributed by atoms with E-state index in [9.17, 15) is 13.2 Å². The van der Waals surface area contributed by atoms with Crippen LogP contribution in [-0.4, -0.2) is 33.0 Å². The normalized spacial score (nSPS) is 11.2. The predicted molar refractivity (Wildman–Crippen MR) is 115 cm³/mol. The van der Waals surface area contributed by atoms with Crippen molar-refractivity contribution in [1.82, 2.24) is 10.3 Å². The topological polar surface area (TPSA) is 111 Å². The molecule has 7 nitrogen and oxygen atoms in total. The molecule has 0 unspecified atom stereocenters. The number of ether oxygens (including phenoxy) is 1. The molecule has 0 bridgehead atoms. The Kier molecular flexibility index (Phi) is 6.71. The third-order valence-corrected chi connectivity index (χ3v) is 5.58. The van der Waals surface area contributed by atoms with Crippen LogP contribution in [0.4, 0.5) is 0 Å². The van der Waals surface area contributed by atoms with Crippen LogP contribution in [0.2, 0.25) is 5.02 Å². The molecule has 1 amide bonds. The number of hydrogen-bond donors (Lipinski definition) is 2. The van der Waals surface area contributed by atoms with Crippen molar-refractivity contribution in [1.29, 1.82) is 0 Å². The predicted octanol–water partition coefficient (Wildman–Crippen LogP) is 3.03. The van der Waals surface area contributed by atoms with Crippen LogP contribution in [0, 0.1) is 0 Å². The average Bonchev–Trinajstić information content (AvgIpc) is 2.73. The third-order valence-electron chi connectivity index (χ3n) is 4.40. The van der Waals surface area contributed by atoms with Gasteiger partial charge in [-0.15, -0.1) is 0 Å². The average molecular weight is 446 g/mol. The molecular formula is C21H20ClN3O4S. The van der Waals surface area contributed by atoms with E-state index in [1.54, 1.807) is 48.7 Å². The molecule has 1 aromatic heterocycles. The highest BCUT2D eigenvalue weighted by Gasteiger charge is 2.17. The standard InChI is InChI=1S/C21H20ClN3O4S/c1-29-19-8-6-15(22)13-17(19)21(26)25-11-9-14-5-7-16(18-4-2-3-10-24-18)20(12-14)30(23,27)28/h2-8,10,12-13H,9,11H2,1H3,(H,25,26)(H2,23,27,28). The fourth-order valence-corrected chi connectivity index (χ4v) is 3.93. The second-order valence-electron chi connectivity index (χ2n) is 6.44. The van der Waals surface area contributed by atoms with Gasteiger partial charge < -0.3 is 10.1 Å². The van der Waals surface area contributed by atoms with Gasteiger partial charge in [0.2, 0.25) is 10.0 Å². The molecule has 30 heavy (non-hydrogen) atoms. The number of carbonyl (C=O) groups excluding carboxylic acids is 1. The van der Waals surface area contributed by atoms with Gasteiger partial charge in [0.1, 0.15) is 5.75 Å². The zero-order chi connectivity index (χ0) is 21.7. The lowest BCUT2D eigenvalue weighted by Crippen LogP contribution is -2.26. The molecule has 0 atom stereocenters. The van der Waals surface area contributed by atoms with Crippen molar-refractivity contribution in [3.63, 3.8) is 0 Å². The van der Waals surface area contributed by atoms with Crippen molar-refractivity contribution in [3.8, 4) is 17.0 Å². The van der Waals surface area contributed by atoms with Gasteiger partial charge in [-0.3, -0.25) is 9.78 Å². The molecule has 1 heterocycles. The van der Waals surface area contributed by atoms with Gasteiger partial charge in [-0.25, -0.2) is 13.6 Å². The van der Waals surface area contributed by atoms with E-state index in [1.165, 1.54) is 19.2 Å². The Hall–Kier alpha value is -2.94. The number of sulfonamides is 1. The largest absolute Gasteiger partial charge is 0.496 e. The number of nitrogens with one attached hydrogen (secondary N) is 1. The van der Waals surface area contributed by atoms with Crippen molar-refractivity contribution in [2.75, 3.05) is 13.7 Å². The summed E-state index contributed by atoms with van der Waals surface area (Å²) >= 11 is 5.96. The Morgan fingerprint density at radius 1 is 1.17 bits per heavy atom. The molecule has 0 fully saturated rings. The maximum atomic E-state index is 12.5. The minimum Gasteiger partial charge on any atom is -0.496 e. The third kappa shape index (κ3) is 5.15. The summed E-state index contributed by atoms with van der Waals surface area (Å²) in [6.45, 7) is 0.279. The number of aromatic nitrogens is 1. The number of methoxy groups -OCH3 is 1. The van der Waals surface area contributed by atoms with E-state index in [4.69, 9.17) is 21.5 Å². The number of nitrogens with zero attached hydrogens (tertiary/aromatic N) is 1. The van der Waals surface area contributed by atoms with Gasteiger partial charge in [-0.1, -0.05) is 29.8 Å². The van der Waals surface area contributed by atoms with Gasteiger partial charge in [-0.2, -0.15) is 0 Å². The Balaban J connectivity index is 1.77. The minimum atomic E-state index is -3.96. The molecule has 0 saturated carbocycles. The molecule has 156 valence electrons. The van der Waals surface area contributed by atoms with Crippen LogP contribution in [0.25, 0.3) is 11.3 Å². The zero-order valence-corrected chi connectivity index (χ0v) is 17.7. The van der Waals surface area contributed by atoms with Crippen molar-refractivity contribution < 1.29 is 17.9 Å². The number of carbonyl (C=O) groups is 1. The molecule has 9 heteroatoms. The molecule has 0 aliphatic rings. The lowest BCUT2D eigenvalue weighted by molar-refractivity contribution is 0.0951. The number of amides is 1. The summed E-state index contributed by atoms with van der Waals surface area (Å²) in [5, 5.41) is 8.61. The first-order valence-electron chi connectivity index (χ1n) is 8.98. The smallest absolute Gasteiger partial charge is 0.255 e. The maximum absolute atomic E-state index is 12.5. The first kappa shape index (κ1) is 21.8. The minimum absolute atomic E-state index is 0.0125. The molecule has 2 aromatic carbocycles. The number of hydrogen-bond acceptors (Lipinski definition) is 5. The number of benzene rings is 2. The quantitative estimate of drug-likeness (QED) is 0.580. The van der Waals surface area contributed by atoms with Gasteiger partial charge >= 0.3 is 0 Å². The molecular weight excluding hydrogens is 426 g/mol. The van der Waals surface area contributed by atoms with E-state index in [2.05, 4.69) is 10.3 Å². The van der Waals surface area contributed by atoms with Crippen molar-refractivity contribution in [2.24, 2.45) is 5.14 Å². The van der Waals surface area contributed by atoms with Gasteiger partial charge in [0.05, 0.1) is 23.3 Å². The first-order valence-corrected chi connectivity index (χ1v) is 10.9. The molecule has 3 aromatic rings. The maximum Gasteiger partial charge on any atom is 0.255 e. The van der Waals surface area contributed by atoms with E-state index in [-0.39, 0.29) is 17.3 Å². The summed E-state index contributed by atoms with van der Waals surface area (Å²) in [4.78, 5) is 16.6. The Morgan fingerprint density at radius 2 is 1.97 bits per heavy atom. The van der Waals surface area contributed by atoms with Crippen LogP contribution in [0.15, 0.2) is 65.7 Å². The number of halogens is 1.